The van der Waals surface area contributed by atoms with Gasteiger partial charge in [0.25, 0.3) is 5.91 Å². The van der Waals surface area contributed by atoms with Crippen LogP contribution < -0.4 is 0 Å². The van der Waals surface area contributed by atoms with E-state index in [1.165, 1.54) is 25.3 Å². The Morgan fingerprint density at radius 1 is 1.23 bits per heavy atom. The van der Waals surface area contributed by atoms with Crippen molar-refractivity contribution in [1.82, 2.24) is 4.90 Å². The zero-order valence-corrected chi connectivity index (χ0v) is 12.8. The van der Waals surface area contributed by atoms with Gasteiger partial charge in [0.05, 0.1) is 18.8 Å². The molecule has 1 saturated heterocycles. The number of carbonyl (C=O) groups is 2. The average Bonchev–Trinajstić information content (AvgIpc) is 2.52. The minimum Gasteiger partial charge on any atom is -0.508 e. The number of aliphatic hydroxyl groups is 1. The molecule has 1 atom stereocenters. The molecule has 1 heterocycles. The number of hydrogen-bond donors (Lipinski definition) is 2. The predicted octanol–water partition coefficient (Wildman–Crippen LogP) is 1.41. The number of benzene rings is 1. The molecular formula is C16H21NO5. The minimum absolute atomic E-state index is 0.143. The summed E-state index contributed by atoms with van der Waals surface area (Å²) in [4.78, 5) is 25.7. The quantitative estimate of drug-likeness (QED) is 0.825. The number of amides is 1. The molecule has 2 N–H and O–H groups in total. The van der Waals surface area contributed by atoms with Crippen LogP contribution in [-0.4, -0.2) is 53.3 Å². The van der Waals surface area contributed by atoms with Gasteiger partial charge in [0.1, 0.15) is 5.75 Å². The number of methoxy groups -OCH3 is 1. The maximum atomic E-state index is 12.5. The largest absolute Gasteiger partial charge is 0.508 e. The first-order valence-corrected chi connectivity index (χ1v) is 7.32. The maximum Gasteiger partial charge on any atom is 0.338 e. The number of phenolic OH excluding ortho intramolecular Hbond substituents is 1. The Morgan fingerprint density at radius 2 is 1.82 bits per heavy atom. The molecule has 1 amide bonds. The standard InChI is InChI=1S/C16H21NO5/c1-10(18)11-3-5-17(6-4-11)15(20)12-7-13(16(21)22-2)9-14(19)8-12/h7-11,18-19H,3-6H2,1-2H3/t10-/m1/s1. The smallest absolute Gasteiger partial charge is 0.338 e. The van der Waals surface area contributed by atoms with Gasteiger partial charge in [-0.3, -0.25) is 4.79 Å². The Bertz CT molecular complexity index is 562. The fraction of sp³-hybridized carbons (Fsp3) is 0.500. The molecule has 2 rings (SSSR count). The number of ether oxygens (including phenoxy) is 1. The van der Waals surface area contributed by atoms with E-state index in [1.54, 1.807) is 11.8 Å². The maximum absolute atomic E-state index is 12.5. The molecule has 1 aromatic rings. The molecule has 0 radical (unpaired) electrons. The molecule has 6 heteroatoms. The molecule has 6 nitrogen and oxygen atoms in total. The second-order valence-electron chi connectivity index (χ2n) is 5.63. The summed E-state index contributed by atoms with van der Waals surface area (Å²) in [5.41, 5.74) is 0.403. The van der Waals surface area contributed by atoms with Crippen molar-refractivity contribution in [2.45, 2.75) is 25.9 Å². The highest BCUT2D eigenvalue weighted by molar-refractivity contribution is 5.98. The minimum atomic E-state index is -0.599. The Hall–Kier alpha value is -2.08. The van der Waals surface area contributed by atoms with Crippen molar-refractivity contribution < 1.29 is 24.5 Å². The lowest BCUT2D eigenvalue weighted by Gasteiger charge is -2.33. The van der Waals surface area contributed by atoms with Crippen LogP contribution in [0.2, 0.25) is 0 Å². The SMILES string of the molecule is COC(=O)c1cc(O)cc(C(=O)N2CCC([C@@H](C)O)CC2)c1. The molecular weight excluding hydrogens is 286 g/mol. The normalized spacial score (nSPS) is 17.1. The Balaban J connectivity index is 2.13. The molecule has 0 unspecified atom stereocenters. The number of aromatic hydroxyl groups is 1. The highest BCUT2D eigenvalue weighted by Crippen LogP contribution is 2.23. The van der Waals surface area contributed by atoms with Crippen molar-refractivity contribution in [3.05, 3.63) is 29.3 Å². The molecule has 0 saturated carbocycles. The van der Waals surface area contributed by atoms with E-state index in [-0.39, 0.29) is 34.8 Å². The number of aliphatic hydroxyl groups excluding tert-OH is 1. The molecule has 0 aliphatic carbocycles. The number of likely N-dealkylation sites (tertiary alicyclic amines) is 1. The molecule has 1 aromatic carbocycles. The number of hydrogen-bond acceptors (Lipinski definition) is 5. The lowest BCUT2D eigenvalue weighted by Crippen LogP contribution is -2.40. The highest BCUT2D eigenvalue weighted by Gasteiger charge is 2.26. The average molecular weight is 307 g/mol. The third-order valence-corrected chi connectivity index (χ3v) is 4.09. The summed E-state index contributed by atoms with van der Waals surface area (Å²) in [6.07, 6.45) is 1.11. The second-order valence-corrected chi connectivity index (χ2v) is 5.63. The molecule has 22 heavy (non-hydrogen) atoms. The fourth-order valence-electron chi connectivity index (χ4n) is 2.74. The number of rotatable bonds is 3. The topological polar surface area (TPSA) is 87.1 Å². The van der Waals surface area contributed by atoms with Gasteiger partial charge < -0.3 is 19.8 Å². The van der Waals surface area contributed by atoms with E-state index < -0.39 is 5.97 Å². The van der Waals surface area contributed by atoms with E-state index in [1.807, 2.05) is 0 Å². The van der Waals surface area contributed by atoms with Crippen molar-refractivity contribution in [1.29, 1.82) is 0 Å². The zero-order valence-electron chi connectivity index (χ0n) is 12.8. The lowest BCUT2D eigenvalue weighted by atomic mass is 9.92. The van der Waals surface area contributed by atoms with Crippen molar-refractivity contribution in [3.63, 3.8) is 0 Å². The second kappa shape index (κ2) is 6.79. The van der Waals surface area contributed by atoms with Crippen LogP contribution in [0.15, 0.2) is 18.2 Å². The molecule has 0 aromatic heterocycles. The van der Waals surface area contributed by atoms with Crippen LogP contribution in [0.3, 0.4) is 0 Å². The van der Waals surface area contributed by atoms with Gasteiger partial charge in [0, 0.05) is 18.7 Å². The fourth-order valence-corrected chi connectivity index (χ4v) is 2.74. The van der Waals surface area contributed by atoms with Crippen LogP contribution in [0.4, 0.5) is 0 Å². The predicted molar refractivity (Wildman–Crippen MR) is 79.8 cm³/mol. The summed E-state index contributed by atoms with van der Waals surface area (Å²) in [5.74, 6) is -0.771. The monoisotopic (exact) mass is 307 g/mol. The van der Waals surface area contributed by atoms with E-state index >= 15 is 0 Å². The molecule has 0 spiro atoms. The number of piperidine rings is 1. The van der Waals surface area contributed by atoms with Crippen LogP contribution in [-0.2, 0) is 4.74 Å². The Labute approximate surface area is 129 Å². The van der Waals surface area contributed by atoms with E-state index in [9.17, 15) is 19.8 Å². The summed E-state index contributed by atoms with van der Waals surface area (Å²) < 4.78 is 4.61. The van der Waals surface area contributed by atoms with Gasteiger partial charge in [-0.2, -0.15) is 0 Å². The number of nitrogens with zero attached hydrogens (tertiary/aromatic N) is 1. The summed E-state index contributed by atoms with van der Waals surface area (Å²) in [7, 11) is 1.24. The first-order valence-electron chi connectivity index (χ1n) is 7.32. The Kier molecular flexibility index (Phi) is 5.03. The first kappa shape index (κ1) is 16.3. The van der Waals surface area contributed by atoms with Crippen LogP contribution >= 0.6 is 0 Å². The zero-order chi connectivity index (χ0) is 16.3. The van der Waals surface area contributed by atoms with Crippen LogP contribution in [0, 0.1) is 5.92 Å². The summed E-state index contributed by atoms with van der Waals surface area (Å²) in [6, 6.07) is 4.03. The van der Waals surface area contributed by atoms with Crippen molar-refractivity contribution in [2.75, 3.05) is 20.2 Å². The van der Waals surface area contributed by atoms with E-state index in [4.69, 9.17) is 0 Å². The molecule has 1 aliphatic rings. The molecule has 1 aliphatic heterocycles. The third kappa shape index (κ3) is 3.57. The van der Waals surface area contributed by atoms with Crippen molar-refractivity contribution in [3.8, 4) is 5.75 Å². The van der Waals surface area contributed by atoms with Crippen LogP contribution in [0.5, 0.6) is 5.75 Å². The number of esters is 1. The summed E-state index contributed by atoms with van der Waals surface area (Å²) in [6.45, 7) is 2.87. The van der Waals surface area contributed by atoms with Gasteiger partial charge in [-0.1, -0.05) is 0 Å². The van der Waals surface area contributed by atoms with Crippen LogP contribution in [0.1, 0.15) is 40.5 Å². The Morgan fingerprint density at radius 3 is 2.36 bits per heavy atom. The molecule has 0 bridgehead atoms. The van der Waals surface area contributed by atoms with Gasteiger partial charge in [0.15, 0.2) is 0 Å². The summed E-state index contributed by atoms with van der Waals surface area (Å²) in [5, 5.41) is 19.3. The van der Waals surface area contributed by atoms with Crippen molar-refractivity contribution in [2.24, 2.45) is 5.92 Å². The number of carbonyl (C=O) groups excluding carboxylic acids is 2. The lowest BCUT2D eigenvalue weighted by molar-refractivity contribution is 0.0521. The first-order chi connectivity index (χ1) is 10.4. The van der Waals surface area contributed by atoms with Gasteiger partial charge >= 0.3 is 5.97 Å². The van der Waals surface area contributed by atoms with Gasteiger partial charge in [0.2, 0.25) is 0 Å². The number of phenols is 1. The highest BCUT2D eigenvalue weighted by atomic mass is 16.5. The summed E-state index contributed by atoms with van der Waals surface area (Å²) >= 11 is 0. The van der Waals surface area contributed by atoms with Gasteiger partial charge in [-0.25, -0.2) is 4.79 Å². The van der Waals surface area contributed by atoms with Gasteiger partial charge in [-0.05, 0) is 43.9 Å². The third-order valence-electron chi connectivity index (χ3n) is 4.09. The molecule has 120 valence electrons. The van der Waals surface area contributed by atoms with Crippen LogP contribution in [0.25, 0.3) is 0 Å². The molecule has 1 fully saturated rings. The van der Waals surface area contributed by atoms with E-state index in [0.717, 1.165) is 12.8 Å². The van der Waals surface area contributed by atoms with Gasteiger partial charge in [-0.15, -0.1) is 0 Å². The van der Waals surface area contributed by atoms with Crippen molar-refractivity contribution >= 4 is 11.9 Å². The van der Waals surface area contributed by atoms with E-state index in [0.29, 0.717) is 13.1 Å². The van der Waals surface area contributed by atoms with E-state index in [2.05, 4.69) is 4.74 Å².